The first-order valence-electron chi connectivity index (χ1n) is 6.90. The monoisotopic (exact) mass is 284 g/mol. The molecule has 0 amide bonds. The molecule has 0 saturated carbocycles. The molecule has 1 unspecified atom stereocenters. The van der Waals surface area contributed by atoms with E-state index in [4.69, 9.17) is 4.74 Å². The van der Waals surface area contributed by atoms with E-state index in [9.17, 15) is 9.90 Å². The largest absolute Gasteiger partial charge is 0.496 e. The Morgan fingerprint density at radius 1 is 1.14 bits per heavy atom. The number of hydrogen-bond acceptors (Lipinski definition) is 2. The maximum Gasteiger partial charge on any atom is 0.314 e. The standard InChI is InChI=1S/C18H20O3/c1-13-8-4-5-9-14(13)12-18(2,17(19)20)15-10-6-7-11-16(15)21-3/h4-11H,12H2,1-3H3,(H,19,20). The second-order valence-electron chi connectivity index (χ2n) is 5.44. The van der Waals surface area contributed by atoms with Crippen LogP contribution in [0.15, 0.2) is 48.5 Å². The average Bonchev–Trinajstić information content (AvgIpc) is 2.49. The summed E-state index contributed by atoms with van der Waals surface area (Å²) in [4.78, 5) is 11.9. The third-order valence-electron chi connectivity index (χ3n) is 3.98. The van der Waals surface area contributed by atoms with E-state index in [1.54, 1.807) is 20.1 Å². The first-order chi connectivity index (χ1) is 9.99. The third-order valence-corrected chi connectivity index (χ3v) is 3.98. The molecule has 3 heteroatoms. The Labute approximate surface area is 125 Å². The molecule has 0 saturated heterocycles. The van der Waals surface area contributed by atoms with Crippen molar-refractivity contribution in [1.82, 2.24) is 0 Å². The molecule has 0 spiro atoms. The quantitative estimate of drug-likeness (QED) is 0.912. The average molecular weight is 284 g/mol. The van der Waals surface area contributed by atoms with Crippen molar-refractivity contribution in [2.75, 3.05) is 7.11 Å². The summed E-state index contributed by atoms with van der Waals surface area (Å²) in [5, 5.41) is 9.80. The van der Waals surface area contributed by atoms with Crippen LogP contribution in [0.2, 0.25) is 0 Å². The first kappa shape index (κ1) is 15.1. The highest BCUT2D eigenvalue weighted by Crippen LogP contribution is 2.35. The lowest BCUT2D eigenvalue weighted by Crippen LogP contribution is -2.35. The summed E-state index contributed by atoms with van der Waals surface area (Å²) in [6.45, 7) is 3.75. The summed E-state index contributed by atoms with van der Waals surface area (Å²) >= 11 is 0. The molecule has 0 radical (unpaired) electrons. The summed E-state index contributed by atoms with van der Waals surface area (Å²) in [5.41, 5.74) is 1.80. The number of para-hydroxylation sites is 1. The van der Waals surface area contributed by atoms with Crippen LogP contribution in [0, 0.1) is 6.92 Å². The van der Waals surface area contributed by atoms with Crippen molar-refractivity contribution in [2.45, 2.75) is 25.7 Å². The van der Waals surface area contributed by atoms with Crippen molar-refractivity contribution in [3.05, 3.63) is 65.2 Å². The van der Waals surface area contributed by atoms with Gasteiger partial charge in [0.1, 0.15) is 5.75 Å². The smallest absolute Gasteiger partial charge is 0.314 e. The van der Waals surface area contributed by atoms with Crippen LogP contribution in [0.3, 0.4) is 0 Å². The van der Waals surface area contributed by atoms with Crippen molar-refractivity contribution in [3.63, 3.8) is 0 Å². The van der Waals surface area contributed by atoms with Crippen LogP contribution in [0.25, 0.3) is 0 Å². The van der Waals surface area contributed by atoms with Gasteiger partial charge in [0, 0.05) is 5.56 Å². The zero-order chi connectivity index (χ0) is 15.5. The van der Waals surface area contributed by atoms with E-state index in [0.717, 1.165) is 11.1 Å². The number of aliphatic carboxylic acids is 1. The molecule has 0 aliphatic rings. The fraction of sp³-hybridized carbons (Fsp3) is 0.278. The van der Waals surface area contributed by atoms with Gasteiger partial charge in [-0.05, 0) is 37.5 Å². The van der Waals surface area contributed by atoms with Crippen LogP contribution < -0.4 is 4.74 Å². The van der Waals surface area contributed by atoms with E-state index >= 15 is 0 Å². The summed E-state index contributed by atoms with van der Waals surface area (Å²) < 4.78 is 5.35. The van der Waals surface area contributed by atoms with Gasteiger partial charge in [-0.25, -0.2) is 0 Å². The van der Waals surface area contributed by atoms with Crippen molar-refractivity contribution in [3.8, 4) is 5.75 Å². The lowest BCUT2D eigenvalue weighted by atomic mass is 9.76. The zero-order valence-electron chi connectivity index (χ0n) is 12.6. The van der Waals surface area contributed by atoms with Gasteiger partial charge in [-0.15, -0.1) is 0 Å². The van der Waals surface area contributed by atoms with Crippen molar-refractivity contribution >= 4 is 5.97 Å². The van der Waals surface area contributed by atoms with E-state index in [2.05, 4.69) is 0 Å². The maximum atomic E-state index is 11.9. The molecule has 1 atom stereocenters. The van der Waals surface area contributed by atoms with Crippen LogP contribution in [0.5, 0.6) is 5.75 Å². The number of carbonyl (C=O) groups is 1. The Bertz CT molecular complexity index is 648. The normalized spacial score (nSPS) is 13.5. The lowest BCUT2D eigenvalue weighted by Gasteiger charge is -2.28. The number of carboxylic acids is 1. The highest BCUT2D eigenvalue weighted by atomic mass is 16.5. The van der Waals surface area contributed by atoms with Gasteiger partial charge in [-0.1, -0.05) is 42.5 Å². The summed E-state index contributed by atoms with van der Waals surface area (Å²) in [6, 6.07) is 15.2. The van der Waals surface area contributed by atoms with Crippen LogP contribution in [-0.2, 0) is 16.6 Å². The number of aryl methyl sites for hydroxylation is 1. The van der Waals surface area contributed by atoms with Gasteiger partial charge in [0.25, 0.3) is 0 Å². The molecule has 0 fully saturated rings. The molecule has 0 heterocycles. The third kappa shape index (κ3) is 2.92. The molecule has 21 heavy (non-hydrogen) atoms. The predicted octanol–water partition coefficient (Wildman–Crippen LogP) is 3.59. The fourth-order valence-electron chi connectivity index (χ4n) is 2.58. The van der Waals surface area contributed by atoms with Crippen LogP contribution in [0.1, 0.15) is 23.6 Å². The summed E-state index contributed by atoms with van der Waals surface area (Å²) in [5.74, 6) is -0.244. The minimum absolute atomic E-state index is 0.426. The van der Waals surface area contributed by atoms with Crippen LogP contribution in [0.4, 0.5) is 0 Å². The SMILES string of the molecule is COc1ccccc1C(C)(Cc1ccccc1C)C(=O)O. The Kier molecular flexibility index (Phi) is 4.32. The maximum absolute atomic E-state index is 11.9. The molecule has 2 aromatic carbocycles. The molecule has 1 N–H and O–H groups in total. The molecule has 0 aliphatic heterocycles. The number of methoxy groups -OCH3 is 1. The molecule has 0 aliphatic carbocycles. The minimum Gasteiger partial charge on any atom is -0.496 e. The van der Waals surface area contributed by atoms with E-state index in [1.807, 2.05) is 49.4 Å². The first-order valence-corrected chi connectivity index (χ1v) is 6.90. The van der Waals surface area contributed by atoms with E-state index in [0.29, 0.717) is 17.7 Å². The number of benzene rings is 2. The van der Waals surface area contributed by atoms with Crippen molar-refractivity contribution in [1.29, 1.82) is 0 Å². The Morgan fingerprint density at radius 3 is 2.38 bits per heavy atom. The number of hydrogen-bond donors (Lipinski definition) is 1. The Morgan fingerprint density at radius 2 is 1.76 bits per heavy atom. The molecular weight excluding hydrogens is 264 g/mol. The number of ether oxygens (including phenoxy) is 1. The van der Waals surface area contributed by atoms with Crippen LogP contribution in [-0.4, -0.2) is 18.2 Å². The summed E-state index contributed by atoms with van der Waals surface area (Å²) in [7, 11) is 1.56. The molecule has 0 bridgehead atoms. The van der Waals surface area contributed by atoms with E-state index < -0.39 is 11.4 Å². The topological polar surface area (TPSA) is 46.5 Å². The van der Waals surface area contributed by atoms with Crippen LogP contribution >= 0.6 is 0 Å². The van der Waals surface area contributed by atoms with E-state index in [-0.39, 0.29) is 0 Å². The van der Waals surface area contributed by atoms with Gasteiger partial charge in [0.2, 0.25) is 0 Å². The molecular formula is C18H20O3. The van der Waals surface area contributed by atoms with Gasteiger partial charge in [0.15, 0.2) is 0 Å². The Hall–Kier alpha value is -2.29. The number of carboxylic acid groups (broad SMARTS) is 1. The molecule has 3 nitrogen and oxygen atoms in total. The number of rotatable bonds is 5. The second-order valence-corrected chi connectivity index (χ2v) is 5.44. The predicted molar refractivity (Wildman–Crippen MR) is 82.9 cm³/mol. The van der Waals surface area contributed by atoms with Gasteiger partial charge >= 0.3 is 5.97 Å². The molecule has 2 aromatic rings. The Balaban J connectivity index is 2.51. The van der Waals surface area contributed by atoms with Gasteiger partial charge in [0.05, 0.1) is 12.5 Å². The van der Waals surface area contributed by atoms with Gasteiger partial charge < -0.3 is 9.84 Å². The highest BCUT2D eigenvalue weighted by molar-refractivity contribution is 5.82. The summed E-state index contributed by atoms with van der Waals surface area (Å²) in [6.07, 6.45) is 0.426. The lowest BCUT2D eigenvalue weighted by molar-refractivity contribution is -0.143. The van der Waals surface area contributed by atoms with Crippen molar-refractivity contribution < 1.29 is 14.6 Å². The van der Waals surface area contributed by atoms with Crippen molar-refractivity contribution in [2.24, 2.45) is 0 Å². The zero-order valence-corrected chi connectivity index (χ0v) is 12.6. The van der Waals surface area contributed by atoms with E-state index in [1.165, 1.54) is 0 Å². The highest BCUT2D eigenvalue weighted by Gasteiger charge is 2.38. The molecule has 0 aromatic heterocycles. The molecule has 110 valence electrons. The minimum atomic E-state index is -1.03. The fourth-order valence-corrected chi connectivity index (χ4v) is 2.58. The van der Waals surface area contributed by atoms with Gasteiger partial charge in [-0.2, -0.15) is 0 Å². The molecule has 2 rings (SSSR count). The second kappa shape index (κ2) is 6.00. The van der Waals surface area contributed by atoms with Gasteiger partial charge in [-0.3, -0.25) is 4.79 Å².